The lowest BCUT2D eigenvalue weighted by Crippen LogP contribution is -2.54. The molecule has 248 valence electrons. The minimum atomic E-state index is -2.41. The van der Waals surface area contributed by atoms with Gasteiger partial charge in [-0.05, 0) is 140 Å². The van der Waals surface area contributed by atoms with Gasteiger partial charge in [-0.3, -0.25) is 0 Å². The minimum Gasteiger partial charge on any atom is -0.437 e. The summed E-state index contributed by atoms with van der Waals surface area (Å²) in [4.78, 5) is 0. The molecule has 0 aliphatic carbocycles. The molecule has 0 heterocycles. The second kappa shape index (κ2) is 14.7. The summed E-state index contributed by atoms with van der Waals surface area (Å²) in [6, 6.07) is 1.83. The van der Waals surface area contributed by atoms with Crippen molar-refractivity contribution in [1.82, 2.24) is 0 Å². The van der Waals surface area contributed by atoms with E-state index in [9.17, 15) is 10.2 Å². The molecule has 0 aliphatic rings. The second-order valence-electron chi connectivity index (χ2n) is 18.6. The summed E-state index contributed by atoms with van der Waals surface area (Å²) in [5.41, 5.74) is -0.552. The average Bonchev–Trinajstić information content (AvgIpc) is 2.60. The van der Waals surface area contributed by atoms with Crippen molar-refractivity contribution < 1.29 is 26.7 Å². The van der Waals surface area contributed by atoms with Crippen molar-refractivity contribution in [3.8, 4) is 0 Å². The summed E-state index contributed by atoms with van der Waals surface area (Å²) in [5, 5.41) is 21.3. The zero-order valence-corrected chi connectivity index (χ0v) is 36.7. The van der Waals surface area contributed by atoms with Gasteiger partial charge in [-0.1, -0.05) is 27.7 Å². The molecule has 0 aromatic heterocycles. The average molecular weight is 685 g/mol. The topological polar surface area (TPSA) is 77.4 Å². The van der Waals surface area contributed by atoms with E-state index in [0.29, 0.717) is 0 Å². The van der Waals surface area contributed by atoms with Crippen molar-refractivity contribution in [2.45, 2.75) is 157 Å². The van der Waals surface area contributed by atoms with Crippen LogP contribution in [0.15, 0.2) is 0 Å². The molecule has 0 amide bonds. The van der Waals surface area contributed by atoms with Crippen LogP contribution in [0.2, 0.25) is 104 Å². The molecule has 0 aromatic carbocycles. The summed E-state index contributed by atoms with van der Waals surface area (Å²) in [6.07, 6.45) is 3.37. The van der Waals surface area contributed by atoms with E-state index in [0.717, 1.165) is 37.8 Å². The Morgan fingerprint density at radius 1 is 0.415 bits per heavy atom. The molecule has 0 radical (unpaired) electrons. The first-order chi connectivity index (χ1) is 17.8. The molecule has 2 N–H and O–H groups in total. The first kappa shape index (κ1) is 42.1. The lowest BCUT2D eigenvalue weighted by atomic mass is 9.73. The Kier molecular flexibility index (Phi) is 15.0. The van der Waals surface area contributed by atoms with Crippen molar-refractivity contribution >= 4 is 50.4 Å². The van der Waals surface area contributed by atoms with Gasteiger partial charge >= 0.3 is 17.1 Å². The maximum absolute atomic E-state index is 10.6. The van der Waals surface area contributed by atoms with Crippen molar-refractivity contribution in [3.05, 3.63) is 0 Å². The van der Waals surface area contributed by atoms with Gasteiger partial charge in [0.1, 0.15) is 0 Å². The predicted molar refractivity (Wildman–Crippen MR) is 193 cm³/mol. The van der Waals surface area contributed by atoms with Crippen molar-refractivity contribution in [2.75, 3.05) is 13.2 Å². The maximum Gasteiger partial charge on any atom is 0.314 e. The molecule has 0 saturated carbocycles. The number of aliphatic hydroxyl groups excluding tert-OH is 2. The summed E-state index contributed by atoms with van der Waals surface area (Å²) < 4.78 is 27.2. The molecule has 0 aliphatic heterocycles. The Labute approximate surface area is 262 Å². The van der Waals surface area contributed by atoms with Crippen molar-refractivity contribution in [3.63, 3.8) is 0 Å². The number of hydrogen-bond donors (Lipinski definition) is 2. The molecule has 0 aromatic rings. The van der Waals surface area contributed by atoms with Crippen molar-refractivity contribution in [1.29, 1.82) is 0 Å². The van der Waals surface area contributed by atoms with E-state index < -0.39 is 55.8 Å². The molecule has 0 spiro atoms. The van der Waals surface area contributed by atoms with Gasteiger partial charge in [-0.2, -0.15) is 0 Å². The van der Waals surface area contributed by atoms with Crippen LogP contribution in [0.5, 0.6) is 0 Å². The SMILES string of the molecule is CC(C)(CCC(CO)(CO)CCC(C)(C)C[Si](C)(O[Si](C)(C)C)O[Si](C)(C)C)C[Si](C)(O[Si](C)(C)C)O[Si](C)(C)C. The van der Waals surface area contributed by atoms with Crippen LogP contribution in [-0.4, -0.2) is 73.8 Å². The van der Waals surface area contributed by atoms with Gasteiger partial charge in [0.05, 0.1) is 13.2 Å². The fourth-order valence-electron chi connectivity index (χ4n) is 6.39. The maximum atomic E-state index is 10.6. The van der Waals surface area contributed by atoms with E-state index >= 15 is 0 Å². The fourth-order valence-corrected chi connectivity index (χ4v) is 33.2. The highest BCUT2D eigenvalue weighted by molar-refractivity contribution is 6.88. The second-order valence-corrected chi connectivity index (χ2v) is 44.0. The molecule has 41 heavy (non-hydrogen) atoms. The molecule has 0 atom stereocenters. The highest BCUT2D eigenvalue weighted by atomic mass is 28.5. The zero-order valence-electron chi connectivity index (χ0n) is 30.7. The van der Waals surface area contributed by atoms with Crippen LogP contribution in [0.3, 0.4) is 0 Å². The third kappa shape index (κ3) is 19.2. The minimum absolute atomic E-state index is 0.00727. The van der Waals surface area contributed by atoms with Gasteiger partial charge in [0.15, 0.2) is 33.3 Å². The summed E-state index contributed by atoms with van der Waals surface area (Å²) >= 11 is 0. The first-order valence-electron chi connectivity index (χ1n) is 15.8. The molecule has 6 nitrogen and oxygen atoms in total. The van der Waals surface area contributed by atoms with Crippen LogP contribution in [-0.2, 0) is 16.5 Å². The van der Waals surface area contributed by atoms with E-state index in [1.54, 1.807) is 0 Å². The Hall–Kier alpha value is 1.06. The van der Waals surface area contributed by atoms with Crippen LogP contribution in [0.1, 0.15) is 53.4 Å². The smallest absolute Gasteiger partial charge is 0.314 e. The Morgan fingerprint density at radius 2 is 0.634 bits per heavy atom. The Bertz CT molecular complexity index is 696. The van der Waals surface area contributed by atoms with Gasteiger partial charge in [0.25, 0.3) is 0 Å². The third-order valence-corrected chi connectivity index (χ3v) is 26.9. The van der Waals surface area contributed by atoms with E-state index in [1.165, 1.54) is 0 Å². The lowest BCUT2D eigenvalue weighted by Gasteiger charge is -2.44. The molecular formula is C29H72O6Si6. The molecule has 0 bridgehead atoms. The van der Waals surface area contributed by atoms with Gasteiger partial charge in [0, 0.05) is 5.41 Å². The molecule has 0 saturated heterocycles. The Morgan fingerprint density at radius 3 is 0.805 bits per heavy atom. The van der Waals surface area contributed by atoms with Gasteiger partial charge < -0.3 is 26.7 Å². The van der Waals surface area contributed by atoms with Crippen LogP contribution in [0.25, 0.3) is 0 Å². The van der Waals surface area contributed by atoms with E-state index in [4.69, 9.17) is 16.5 Å². The number of rotatable bonds is 20. The van der Waals surface area contributed by atoms with Crippen LogP contribution in [0, 0.1) is 16.2 Å². The van der Waals surface area contributed by atoms with Crippen molar-refractivity contribution in [2.24, 2.45) is 16.2 Å². The quantitative estimate of drug-likeness (QED) is 0.125. The van der Waals surface area contributed by atoms with Crippen LogP contribution < -0.4 is 0 Å². The zero-order chi connectivity index (χ0) is 33.0. The molecule has 0 rings (SSSR count). The largest absolute Gasteiger partial charge is 0.437 e. The highest BCUT2D eigenvalue weighted by Crippen LogP contribution is 2.44. The van der Waals surface area contributed by atoms with Gasteiger partial charge in [0.2, 0.25) is 0 Å². The van der Waals surface area contributed by atoms with Crippen LogP contribution >= 0.6 is 0 Å². The number of hydrogen-bond acceptors (Lipinski definition) is 6. The molecule has 12 heteroatoms. The summed E-state index contributed by atoms with van der Waals surface area (Å²) in [5.74, 6) is 0. The van der Waals surface area contributed by atoms with E-state index in [1.807, 2.05) is 0 Å². The predicted octanol–water partition coefficient (Wildman–Crippen LogP) is 9.12. The normalized spacial score (nSPS) is 15.5. The first-order valence-corrected chi connectivity index (χ1v) is 34.5. The van der Waals surface area contributed by atoms with Gasteiger partial charge in [-0.25, -0.2) is 0 Å². The molecular weight excluding hydrogens is 613 g/mol. The monoisotopic (exact) mass is 684 g/mol. The summed E-state index contributed by atoms with van der Waals surface area (Å²) in [6.45, 7) is 40.7. The standard InChI is InChI=1S/C29H72O6Si6/c1-27(2,25-40(17,32-36(5,6)7)33-37(8,9)10)19-21-29(23-30,24-31)22-20-28(3,4)26-41(18,34-38(11,12)13)35-39(14,15)16/h30-31H,19-26H2,1-18H3. The highest BCUT2D eigenvalue weighted by Gasteiger charge is 2.47. The number of aliphatic hydroxyl groups is 2. The van der Waals surface area contributed by atoms with E-state index in [2.05, 4.69) is 119 Å². The molecule has 0 fully saturated rings. The fraction of sp³-hybridized carbons (Fsp3) is 1.00. The lowest BCUT2D eigenvalue weighted by molar-refractivity contribution is 0.0216. The van der Waals surface area contributed by atoms with Crippen LogP contribution in [0.4, 0.5) is 0 Å². The summed E-state index contributed by atoms with van der Waals surface area (Å²) in [7, 11) is -11.9. The third-order valence-electron chi connectivity index (χ3n) is 7.02. The van der Waals surface area contributed by atoms with Gasteiger partial charge in [-0.15, -0.1) is 0 Å². The van der Waals surface area contributed by atoms with E-state index in [-0.39, 0.29) is 24.0 Å². The molecule has 0 unspecified atom stereocenters. The Balaban J connectivity index is 5.76.